The van der Waals surface area contributed by atoms with E-state index < -0.39 is 12.1 Å². The maximum Gasteiger partial charge on any atom is 0.393 e. The molecule has 1 aliphatic rings. The van der Waals surface area contributed by atoms with Crippen LogP contribution >= 0.6 is 0 Å². The quantitative estimate of drug-likeness (QED) is 0.787. The average molecular weight is 315 g/mol. The van der Waals surface area contributed by atoms with E-state index in [9.17, 15) is 18.0 Å². The summed E-state index contributed by atoms with van der Waals surface area (Å²) in [5, 5.41) is 4.24. The Morgan fingerprint density at radius 1 is 1.36 bits per heavy atom. The Morgan fingerprint density at radius 2 is 2.05 bits per heavy atom. The third-order valence-electron chi connectivity index (χ3n) is 4.15. The van der Waals surface area contributed by atoms with E-state index in [2.05, 4.69) is 5.10 Å². The van der Waals surface area contributed by atoms with Crippen LogP contribution in [0.5, 0.6) is 0 Å². The van der Waals surface area contributed by atoms with Crippen LogP contribution in [0.4, 0.5) is 13.2 Å². The molecule has 2 heterocycles. The zero-order valence-corrected chi connectivity index (χ0v) is 12.9. The molecule has 1 unspecified atom stereocenters. The summed E-state index contributed by atoms with van der Waals surface area (Å²) in [6, 6.07) is 0. The highest BCUT2D eigenvalue weighted by molar-refractivity contribution is 5.92. The zero-order chi connectivity index (χ0) is 16.5. The Hall–Kier alpha value is -1.79. The third-order valence-corrected chi connectivity index (χ3v) is 4.15. The third kappa shape index (κ3) is 3.51. The molecule has 0 radical (unpaired) electrons. The highest BCUT2D eigenvalue weighted by Gasteiger charge is 2.42. The molecular weight excluding hydrogens is 295 g/mol. The van der Waals surface area contributed by atoms with E-state index in [0.717, 1.165) is 17.0 Å². The second kappa shape index (κ2) is 6.14. The van der Waals surface area contributed by atoms with Gasteiger partial charge in [-0.05, 0) is 32.8 Å². The lowest BCUT2D eigenvalue weighted by Crippen LogP contribution is -2.44. The monoisotopic (exact) mass is 315 g/mol. The number of amides is 1. The van der Waals surface area contributed by atoms with Crippen molar-refractivity contribution in [3.05, 3.63) is 23.0 Å². The standard InChI is InChI=1S/C15H20F3N3O/c1-10-13(11(2)20(3)19-10)6-7-14(22)21-8-4-5-12(9-21)15(16,17)18/h6-7,12H,4-5,8-9H2,1-3H3/b7-6+. The first-order valence-electron chi connectivity index (χ1n) is 7.24. The van der Waals surface area contributed by atoms with Crippen LogP contribution in [0.3, 0.4) is 0 Å². The van der Waals surface area contributed by atoms with Crippen molar-refractivity contribution in [2.45, 2.75) is 32.9 Å². The van der Waals surface area contributed by atoms with Crippen molar-refractivity contribution in [3.8, 4) is 0 Å². The van der Waals surface area contributed by atoms with Gasteiger partial charge in [0, 0.05) is 37.5 Å². The van der Waals surface area contributed by atoms with Gasteiger partial charge in [0.15, 0.2) is 0 Å². The average Bonchev–Trinajstić information content (AvgIpc) is 2.69. The van der Waals surface area contributed by atoms with E-state index in [0.29, 0.717) is 13.0 Å². The number of rotatable bonds is 2. The number of halogens is 3. The molecule has 1 amide bonds. The Balaban J connectivity index is 2.07. The maximum absolute atomic E-state index is 12.8. The lowest BCUT2D eigenvalue weighted by Gasteiger charge is -2.33. The van der Waals surface area contributed by atoms with Gasteiger partial charge in [0.25, 0.3) is 0 Å². The van der Waals surface area contributed by atoms with Crippen LogP contribution in [0, 0.1) is 19.8 Å². The van der Waals surface area contributed by atoms with Crippen molar-refractivity contribution < 1.29 is 18.0 Å². The van der Waals surface area contributed by atoms with Crippen molar-refractivity contribution in [2.24, 2.45) is 13.0 Å². The number of piperidine rings is 1. The molecule has 0 spiro atoms. The smallest absolute Gasteiger partial charge is 0.339 e. The molecule has 22 heavy (non-hydrogen) atoms. The van der Waals surface area contributed by atoms with Crippen LogP contribution in [-0.4, -0.2) is 39.9 Å². The van der Waals surface area contributed by atoms with Gasteiger partial charge in [0.1, 0.15) is 0 Å². The van der Waals surface area contributed by atoms with Crippen molar-refractivity contribution >= 4 is 12.0 Å². The minimum atomic E-state index is -4.24. The molecule has 0 bridgehead atoms. The first-order chi connectivity index (χ1) is 10.2. The molecule has 1 aliphatic heterocycles. The SMILES string of the molecule is Cc1nn(C)c(C)c1/C=C/C(=O)N1CCCC(C(F)(F)F)C1. The van der Waals surface area contributed by atoms with E-state index in [4.69, 9.17) is 0 Å². The fraction of sp³-hybridized carbons (Fsp3) is 0.600. The van der Waals surface area contributed by atoms with Gasteiger partial charge in [-0.2, -0.15) is 18.3 Å². The summed E-state index contributed by atoms with van der Waals surface area (Å²) < 4.78 is 40.0. The number of carbonyl (C=O) groups is 1. The van der Waals surface area contributed by atoms with E-state index in [1.807, 2.05) is 13.8 Å². The summed E-state index contributed by atoms with van der Waals surface area (Å²) in [5.74, 6) is -1.79. The summed E-state index contributed by atoms with van der Waals surface area (Å²) in [7, 11) is 1.81. The molecule has 0 N–H and O–H groups in total. The van der Waals surface area contributed by atoms with Gasteiger partial charge in [-0.1, -0.05) is 0 Å². The van der Waals surface area contributed by atoms with Gasteiger partial charge in [0.2, 0.25) is 5.91 Å². The molecule has 7 heteroatoms. The Labute approximate surface area is 127 Å². The Kier molecular flexibility index (Phi) is 4.63. The first kappa shape index (κ1) is 16.6. The van der Waals surface area contributed by atoms with Crippen molar-refractivity contribution in [1.82, 2.24) is 14.7 Å². The summed E-state index contributed by atoms with van der Waals surface area (Å²) in [6.45, 7) is 3.83. The van der Waals surface area contributed by atoms with Crippen LogP contribution in [0.2, 0.25) is 0 Å². The van der Waals surface area contributed by atoms with Gasteiger partial charge in [0.05, 0.1) is 11.6 Å². The van der Waals surface area contributed by atoms with Crippen molar-refractivity contribution in [1.29, 1.82) is 0 Å². The molecule has 0 saturated carbocycles. The topological polar surface area (TPSA) is 38.1 Å². The summed E-state index contributed by atoms with van der Waals surface area (Å²) in [4.78, 5) is 13.4. The largest absolute Gasteiger partial charge is 0.393 e. The van der Waals surface area contributed by atoms with E-state index in [-0.39, 0.29) is 18.9 Å². The van der Waals surface area contributed by atoms with Crippen LogP contribution in [0.25, 0.3) is 6.08 Å². The van der Waals surface area contributed by atoms with E-state index in [1.54, 1.807) is 17.8 Å². The molecule has 1 atom stereocenters. The summed E-state index contributed by atoms with van der Waals surface area (Å²) in [6.07, 6.45) is -0.779. The van der Waals surface area contributed by atoms with Crippen LogP contribution in [0.1, 0.15) is 29.8 Å². The molecule has 2 rings (SSSR count). The molecule has 1 aromatic heterocycles. The van der Waals surface area contributed by atoms with Crippen LogP contribution in [-0.2, 0) is 11.8 Å². The number of nitrogens with zero attached hydrogens (tertiary/aromatic N) is 3. The highest BCUT2D eigenvalue weighted by atomic mass is 19.4. The number of likely N-dealkylation sites (tertiary alicyclic amines) is 1. The second-order valence-electron chi connectivity index (χ2n) is 5.71. The van der Waals surface area contributed by atoms with Gasteiger partial charge in [-0.25, -0.2) is 0 Å². The molecule has 1 fully saturated rings. The minimum Gasteiger partial charge on any atom is -0.339 e. The predicted octanol–water partition coefficient (Wildman–Crippen LogP) is 2.85. The molecule has 1 saturated heterocycles. The normalized spacial score (nSPS) is 19.9. The number of carbonyl (C=O) groups excluding carboxylic acids is 1. The predicted molar refractivity (Wildman–Crippen MR) is 77.1 cm³/mol. The van der Waals surface area contributed by atoms with E-state index in [1.165, 1.54) is 11.0 Å². The lowest BCUT2D eigenvalue weighted by molar-refractivity contribution is -0.187. The zero-order valence-electron chi connectivity index (χ0n) is 12.9. The minimum absolute atomic E-state index is 0.0951. The number of hydrogen-bond donors (Lipinski definition) is 0. The van der Waals surface area contributed by atoms with E-state index >= 15 is 0 Å². The van der Waals surface area contributed by atoms with Crippen molar-refractivity contribution in [2.75, 3.05) is 13.1 Å². The fourth-order valence-electron chi connectivity index (χ4n) is 2.74. The molecule has 1 aromatic rings. The number of aryl methyl sites for hydroxylation is 2. The first-order valence-corrected chi connectivity index (χ1v) is 7.24. The number of hydrogen-bond acceptors (Lipinski definition) is 2. The van der Waals surface area contributed by atoms with Gasteiger partial charge >= 0.3 is 6.18 Å². The fourth-order valence-corrected chi connectivity index (χ4v) is 2.74. The number of aromatic nitrogens is 2. The summed E-state index contributed by atoms with van der Waals surface area (Å²) >= 11 is 0. The second-order valence-corrected chi connectivity index (χ2v) is 5.71. The molecule has 0 aliphatic carbocycles. The van der Waals surface area contributed by atoms with Crippen molar-refractivity contribution in [3.63, 3.8) is 0 Å². The maximum atomic E-state index is 12.8. The van der Waals surface area contributed by atoms with Gasteiger partial charge in [-0.15, -0.1) is 0 Å². The number of alkyl halides is 3. The summed E-state index contributed by atoms with van der Waals surface area (Å²) in [5.41, 5.74) is 2.53. The Morgan fingerprint density at radius 3 is 2.59 bits per heavy atom. The van der Waals surface area contributed by atoms with Gasteiger partial charge in [-0.3, -0.25) is 9.48 Å². The Bertz CT molecular complexity index is 590. The molecule has 4 nitrogen and oxygen atoms in total. The van der Waals surface area contributed by atoms with Crippen LogP contribution in [0.15, 0.2) is 6.08 Å². The van der Waals surface area contributed by atoms with Gasteiger partial charge < -0.3 is 4.90 Å². The molecular formula is C15H20F3N3O. The molecule has 0 aromatic carbocycles. The lowest BCUT2D eigenvalue weighted by atomic mass is 9.97. The van der Waals surface area contributed by atoms with Crippen LogP contribution < -0.4 is 0 Å². The highest BCUT2D eigenvalue weighted by Crippen LogP contribution is 2.33. The molecule has 122 valence electrons.